The van der Waals surface area contributed by atoms with Gasteiger partial charge in [-0.25, -0.2) is 0 Å². The average Bonchev–Trinajstić information content (AvgIpc) is 3.60. The summed E-state index contributed by atoms with van der Waals surface area (Å²) < 4.78 is 16.4. The Balaban J connectivity index is 1.46. The molecule has 202 valence electrons. The fourth-order valence-corrected chi connectivity index (χ4v) is 4.84. The Hall–Kier alpha value is -4.30. The smallest absolute Gasteiger partial charge is 0.247 e. The maximum Gasteiger partial charge on any atom is 0.247 e. The third kappa shape index (κ3) is 6.23. The molecule has 0 saturated heterocycles. The molecular formula is C31H33N3O5. The van der Waals surface area contributed by atoms with Gasteiger partial charge < -0.3 is 29.4 Å². The topological polar surface area (TPSA) is 92.9 Å². The Morgan fingerprint density at radius 3 is 2.67 bits per heavy atom. The predicted molar refractivity (Wildman–Crippen MR) is 148 cm³/mol. The largest absolute Gasteiger partial charge is 0.454 e. The molecule has 0 bridgehead atoms. The highest BCUT2D eigenvalue weighted by atomic mass is 16.7. The highest BCUT2D eigenvalue weighted by Crippen LogP contribution is 2.34. The first kappa shape index (κ1) is 26.3. The number of hydrogen-bond acceptors (Lipinski definition) is 5. The molecule has 4 aromatic rings. The van der Waals surface area contributed by atoms with Crippen LogP contribution in [0, 0.1) is 0 Å². The molecule has 8 heteroatoms. The quantitative estimate of drug-likeness (QED) is 0.259. The summed E-state index contributed by atoms with van der Waals surface area (Å²) in [5.41, 5.74) is 3.44. The van der Waals surface area contributed by atoms with Crippen molar-refractivity contribution in [3.8, 4) is 11.5 Å². The van der Waals surface area contributed by atoms with Crippen molar-refractivity contribution in [1.82, 2.24) is 15.2 Å². The molecule has 0 spiro atoms. The molecule has 1 atom stereocenters. The molecule has 39 heavy (non-hydrogen) atoms. The summed E-state index contributed by atoms with van der Waals surface area (Å²) in [6.07, 6.45) is 2.70. The number of hydrogen-bond donors (Lipinski definition) is 2. The standard InChI is InChI=1S/C31H33N3O5/c1-2-37-16-8-15-32-31(36)30(23-9-4-3-5-10-23)34(20-22-13-14-27-28(17-22)39-21-38-27)29(35)18-24-19-33-26-12-7-6-11-25(24)26/h3-7,9-14,17,19,30,33H,2,8,15-16,18,20-21H2,1H3,(H,32,36)/t30-/m0/s1. The van der Waals surface area contributed by atoms with Crippen molar-refractivity contribution < 1.29 is 23.8 Å². The number of rotatable bonds is 12. The highest BCUT2D eigenvalue weighted by Gasteiger charge is 2.32. The lowest BCUT2D eigenvalue weighted by Crippen LogP contribution is -2.44. The normalized spacial score (nSPS) is 12.8. The number of para-hydroxylation sites is 1. The van der Waals surface area contributed by atoms with Crippen LogP contribution in [0.3, 0.4) is 0 Å². The number of H-pyrrole nitrogens is 1. The molecule has 1 aromatic heterocycles. The van der Waals surface area contributed by atoms with Crippen molar-refractivity contribution in [3.63, 3.8) is 0 Å². The zero-order valence-electron chi connectivity index (χ0n) is 22.0. The van der Waals surface area contributed by atoms with Crippen molar-refractivity contribution in [2.45, 2.75) is 32.4 Å². The molecule has 0 aliphatic carbocycles. The Bertz CT molecular complexity index is 1420. The fourth-order valence-electron chi connectivity index (χ4n) is 4.84. The van der Waals surface area contributed by atoms with Gasteiger partial charge in [0.25, 0.3) is 0 Å². The highest BCUT2D eigenvalue weighted by molar-refractivity contribution is 5.92. The molecule has 8 nitrogen and oxygen atoms in total. The van der Waals surface area contributed by atoms with E-state index in [9.17, 15) is 9.59 Å². The van der Waals surface area contributed by atoms with E-state index in [2.05, 4.69) is 10.3 Å². The van der Waals surface area contributed by atoms with E-state index in [0.717, 1.165) is 27.6 Å². The Kier molecular flexibility index (Phi) is 8.43. The van der Waals surface area contributed by atoms with Crippen LogP contribution in [0.25, 0.3) is 10.9 Å². The number of fused-ring (bicyclic) bond motifs is 2. The van der Waals surface area contributed by atoms with E-state index in [1.54, 1.807) is 4.90 Å². The summed E-state index contributed by atoms with van der Waals surface area (Å²) in [7, 11) is 0. The minimum absolute atomic E-state index is 0.148. The van der Waals surface area contributed by atoms with E-state index in [1.165, 1.54) is 0 Å². The SMILES string of the molecule is CCOCCCNC(=O)[C@H](c1ccccc1)N(Cc1ccc2c(c1)OCO2)C(=O)Cc1c[nH]c2ccccc12. The van der Waals surface area contributed by atoms with Crippen LogP contribution in [0.1, 0.15) is 36.1 Å². The third-order valence-corrected chi connectivity index (χ3v) is 6.77. The summed E-state index contributed by atoms with van der Waals surface area (Å²) >= 11 is 0. The average molecular weight is 528 g/mol. The first-order chi connectivity index (χ1) is 19.1. The van der Waals surface area contributed by atoms with Crippen LogP contribution >= 0.6 is 0 Å². The van der Waals surface area contributed by atoms with Gasteiger partial charge in [0.15, 0.2) is 11.5 Å². The van der Waals surface area contributed by atoms with E-state index in [4.69, 9.17) is 14.2 Å². The van der Waals surface area contributed by atoms with E-state index in [-0.39, 0.29) is 31.6 Å². The molecule has 1 aliphatic heterocycles. The maximum absolute atomic E-state index is 14.1. The van der Waals surface area contributed by atoms with Crippen molar-refractivity contribution in [3.05, 3.63) is 95.7 Å². The van der Waals surface area contributed by atoms with Gasteiger partial charge in [-0.2, -0.15) is 0 Å². The third-order valence-electron chi connectivity index (χ3n) is 6.77. The molecule has 0 saturated carbocycles. The second-order valence-corrected chi connectivity index (χ2v) is 9.40. The maximum atomic E-state index is 14.1. The summed E-state index contributed by atoms with van der Waals surface area (Å²) in [4.78, 5) is 32.7. The number of nitrogens with zero attached hydrogens (tertiary/aromatic N) is 1. The van der Waals surface area contributed by atoms with Crippen LogP contribution in [0.2, 0.25) is 0 Å². The van der Waals surface area contributed by atoms with Crippen LogP contribution in [-0.2, 0) is 27.3 Å². The summed E-state index contributed by atoms with van der Waals surface area (Å²) in [5.74, 6) is 0.914. The van der Waals surface area contributed by atoms with E-state index in [0.29, 0.717) is 37.7 Å². The molecule has 5 rings (SSSR count). The number of carbonyl (C=O) groups is 2. The Morgan fingerprint density at radius 1 is 1.03 bits per heavy atom. The lowest BCUT2D eigenvalue weighted by Gasteiger charge is -2.32. The minimum Gasteiger partial charge on any atom is -0.454 e. The molecular weight excluding hydrogens is 494 g/mol. The molecule has 2 N–H and O–H groups in total. The van der Waals surface area contributed by atoms with Crippen molar-refractivity contribution in [1.29, 1.82) is 0 Å². The van der Waals surface area contributed by atoms with Gasteiger partial charge in [0, 0.05) is 43.4 Å². The molecule has 2 heterocycles. The number of nitrogens with one attached hydrogen (secondary N) is 2. The van der Waals surface area contributed by atoms with Crippen LogP contribution in [-0.4, -0.2) is 48.2 Å². The molecule has 2 amide bonds. The lowest BCUT2D eigenvalue weighted by molar-refractivity contribution is -0.141. The second-order valence-electron chi connectivity index (χ2n) is 9.40. The monoisotopic (exact) mass is 527 g/mol. The first-order valence-corrected chi connectivity index (χ1v) is 13.3. The van der Waals surface area contributed by atoms with Crippen LogP contribution in [0.4, 0.5) is 0 Å². The molecule has 0 fully saturated rings. The van der Waals surface area contributed by atoms with Crippen LogP contribution in [0.15, 0.2) is 79.0 Å². The Labute approximate surface area is 227 Å². The van der Waals surface area contributed by atoms with E-state index in [1.807, 2.05) is 85.9 Å². The molecule has 3 aromatic carbocycles. The Morgan fingerprint density at radius 2 is 1.82 bits per heavy atom. The minimum atomic E-state index is -0.818. The van der Waals surface area contributed by atoms with Crippen molar-refractivity contribution in [2.75, 3.05) is 26.6 Å². The summed E-state index contributed by atoms with van der Waals surface area (Å²) in [5, 5.41) is 4.02. The van der Waals surface area contributed by atoms with Gasteiger partial charge >= 0.3 is 0 Å². The zero-order valence-corrected chi connectivity index (χ0v) is 22.0. The number of benzene rings is 3. The number of aromatic nitrogens is 1. The van der Waals surface area contributed by atoms with E-state index >= 15 is 0 Å². The van der Waals surface area contributed by atoms with Crippen molar-refractivity contribution in [2.24, 2.45) is 0 Å². The molecule has 1 aliphatic rings. The van der Waals surface area contributed by atoms with Crippen LogP contribution < -0.4 is 14.8 Å². The van der Waals surface area contributed by atoms with Gasteiger partial charge in [0.05, 0.1) is 6.42 Å². The first-order valence-electron chi connectivity index (χ1n) is 13.3. The number of ether oxygens (including phenoxy) is 3. The number of carbonyl (C=O) groups excluding carboxylic acids is 2. The molecule has 0 unspecified atom stereocenters. The number of amides is 2. The lowest BCUT2D eigenvalue weighted by atomic mass is 10.0. The van der Waals surface area contributed by atoms with Gasteiger partial charge in [-0.15, -0.1) is 0 Å². The second kappa shape index (κ2) is 12.5. The van der Waals surface area contributed by atoms with Gasteiger partial charge in [-0.3, -0.25) is 9.59 Å². The van der Waals surface area contributed by atoms with Crippen LogP contribution in [0.5, 0.6) is 11.5 Å². The van der Waals surface area contributed by atoms with Gasteiger partial charge in [-0.05, 0) is 48.2 Å². The summed E-state index contributed by atoms with van der Waals surface area (Å²) in [6.45, 7) is 3.98. The van der Waals surface area contributed by atoms with Gasteiger partial charge in [0.1, 0.15) is 6.04 Å². The summed E-state index contributed by atoms with van der Waals surface area (Å²) in [6, 6.07) is 22.1. The van der Waals surface area contributed by atoms with E-state index < -0.39 is 6.04 Å². The van der Waals surface area contributed by atoms with Gasteiger partial charge in [-0.1, -0.05) is 54.6 Å². The molecule has 0 radical (unpaired) electrons. The van der Waals surface area contributed by atoms with Crippen molar-refractivity contribution >= 4 is 22.7 Å². The zero-order chi connectivity index (χ0) is 27.0. The fraction of sp³-hybridized carbons (Fsp3) is 0.290. The van der Waals surface area contributed by atoms with Gasteiger partial charge in [0.2, 0.25) is 18.6 Å². The number of aromatic amines is 1. The predicted octanol–water partition coefficient (Wildman–Crippen LogP) is 4.75.